The third-order valence-corrected chi connectivity index (χ3v) is 8.45. The van der Waals surface area contributed by atoms with Crippen molar-refractivity contribution < 1.29 is 22.4 Å². The molecule has 0 bridgehead atoms. The smallest absolute Gasteiger partial charge is 0.269 e. The van der Waals surface area contributed by atoms with Gasteiger partial charge >= 0.3 is 0 Å². The summed E-state index contributed by atoms with van der Waals surface area (Å²) in [5.41, 5.74) is 4.53. The minimum atomic E-state index is -4.26. The Bertz CT molecular complexity index is 1820. The zero-order chi connectivity index (χ0) is 27.6. The number of benzene rings is 3. The highest BCUT2D eigenvalue weighted by Crippen LogP contribution is 2.37. The fraction of sp³-hybridized carbons (Fsp3) is 0.185. The monoisotopic (exact) mass is 563 g/mol. The maximum atomic E-state index is 14.5. The van der Waals surface area contributed by atoms with E-state index in [2.05, 4.69) is 16.0 Å². The number of ether oxygens (including phenoxy) is 2. The summed E-state index contributed by atoms with van der Waals surface area (Å²) in [7, 11) is -2.68. The van der Waals surface area contributed by atoms with Crippen molar-refractivity contribution in [3.63, 3.8) is 0 Å². The molecule has 0 atom stereocenters. The third-order valence-electron chi connectivity index (χ3n) is 5.84. The third kappa shape index (κ3) is 5.43. The predicted molar refractivity (Wildman–Crippen MR) is 145 cm³/mol. The van der Waals surface area contributed by atoms with Crippen LogP contribution in [0.5, 0.6) is 5.75 Å². The van der Waals surface area contributed by atoms with Gasteiger partial charge in [0, 0.05) is 12.7 Å². The predicted octanol–water partition coefficient (Wildman–Crippen LogP) is 5.19. The minimum Gasteiger partial charge on any atom is -0.492 e. The lowest BCUT2D eigenvalue weighted by Crippen LogP contribution is -2.27. The number of methoxy groups -OCH3 is 1. The van der Waals surface area contributed by atoms with Gasteiger partial charge in [0.2, 0.25) is 0 Å². The average molecular weight is 564 g/mol. The van der Waals surface area contributed by atoms with Crippen LogP contribution >= 0.6 is 11.3 Å². The van der Waals surface area contributed by atoms with E-state index in [9.17, 15) is 18.2 Å². The van der Waals surface area contributed by atoms with Crippen molar-refractivity contribution >= 4 is 42.6 Å². The molecule has 0 aliphatic rings. The normalized spacial score (nSPS) is 11.8. The summed E-state index contributed by atoms with van der Waals surface area (Å²) < 4.78 is 50.7. The average Bonchev–Trinajstić information content (AvgIpc) is 3.37. The molecule has 2 aromatic heterocycles. The molecule has 5 rings (SSSR count). The summed E-state index contributed by atoms with van der Waals surface area (Å²) in [6.07, 6.45) is 1.64. The van der Waals surface area contributed by atoms with Crippen LogP contribution in [0.4, 0.5) is 4.48 Å². The molecular weight excluding hydrogens is 541 g/mol. The first-order chi connectivity index (χ1) is 18.8. The lowest BCUT2D eigenvalue weighted by atomic mass is 10.1. The highest BCUT2D eigenvalue weighted by Gasteiger charge is 2.24. The number of hydrogen-bond acceptors (Lipinski definition) is 9. The fourth-order valence-electron chi connectivity index (χ4n) is 4.03. The van der Waals surface area contributed by atoms with Gasteiger partial charge in [-0.2, -0.15) is 5.26 Å². The van der Waals surface area contributed by atoms with Crippen molar-refractivity contribution in [1.82, 2.24) is 19.5 Å². The summed E-state index contributed by atoms with van der Waals surface area (Å²) in [4.78, 5) is 13.8. The molecule has 9 nitrogen and oxygen atoms in total. The van der Waals surface area contributed by atoms with Gasteiger partial charge in [0.1, 0.15) is 17.4 Å². The summed E-state index contributed by atoms with van der Waals surface area (Å²) in [6.45, 7) is 1.52. The minimum absolute atomic E-state index is 0.130. The van der Waals surface area contributed by atoms with Gasteiger partial charge in [-0.3, -0.25) is 4.98 Å². The van der Waals surface area contributed by atoms with Crippen LogP contribution in [-0.4, -0.2) is 48.2 Å². The molecule has 0 aliphatic heterocycles. The summed E-state index contributed by atoms with van der Waals surface area (Å²) in [5, 5.41) is 10.2. The highest BCUT2D eigenvalue weighted by molar-refractivity contribution is 7.89. The second-order valence-corrected chi connectivity index (χ2v) is 11.4. The Morgan fingerprint density at radius 2 is 1.90 bits per heavy atom. The summed E-state index contributed by atoms with van der Waals surface area (Å²) >= 11 is 1.40. The molecule has 0 amide bonds. The van der Waals surface area contributed by atoms with E-state index in [0.29, 0.717) is 45.2 Å². The van der Waals surface area contributed by atoms with Gasteiger partial charge in [-0.15, -0.1) is 15.8 Å². The van der Waals surface area contributed by atoms with Gasteiger partial charge in [-0.25, -0.2) is 18.4 Å². The first kappa shape index (κ1) is 26.6. The van der Waals surface area contributed by atoms with Gasteiger partial charge in [-0.05, 0) is 53.4 Å². The van der Waals surface area contributed by atoms with E-state index >= 15 is 0 Å². The van der Waals surface area contributed by atoms with E-state index in [-0.39, 0.29) is 16.0 Å². The molecule has 0 spiro atoms. The van der Waals surface area contributed by atoms with Gasteiger partial charge in [-0.1, -0.05) is 18.2 Å². The Kier molecular flexibility index (Phi) is 7.49. The molecule has 0 aliphatic carbocycles. The molecule has 3 aromatic carbocycles. The Labute approximate surface area is 228 Å². The van der Waals surface area contributed by atoms with Crippen LogP contribution in [0.3, 0.4) is 0 Å². The molecule has 0 unspecified atom stereocenters. The van der Waals surface area contributed by atoms with E-state index in [4.69, 9.17) is 14.5 Å². The van der Waals surface area contributed by atoms with Crippen LogP contribution < -0.4 is 4.74 Å². The molecule has 0 saturated carbocycles. The molecule has 0 fully saturated rings. The second-order valence-electron chi connectivity index (χ2n) is 8.58. The number of aryl methyl sites for hydroxylation is 1. The van der Waals surface area contributed by atoms with Crippen LogP contribution in [0.1, 0.15) is 16.8 Å². The fourth-order valence-corrected chi connectivity index (χ4v) is 6.17. The number of nitrogens with zero attached hydrogens (tertiary/aromatic N) is 5. The van der Waals surface area contributed by atoms with E-state index in [0.717, 1.165) is 15.8 Å². The van der Waals surface area contributed by atoms with Crippen molar-refractivity contribution in [1.29, 1.82) is 5.26 Å². The van der Waals surface area contributed by atoms with Gasteiger partial charge < -0.3 is 9.47 Å². The lowest BCUT2D eigenvalue weighted by Gasteiger charge is -2.13. The quantitative estimate of drug-likeness (QED) is 0.225. The Morgan fingerprint density at radius 3 is 2.64 bits per heavy atom. The first-order valence-corrected chi connectivity index (χ1v) is 14.0. The van der Waals surface area contributed by atoms with Crippen molar-refractivity contribution in [3.8, 4) is 22.4 Å². The molecule has 0 N–H and O–H groups in total. The molecule has 12 heteroatoms. The summed E-state index contributed by atoms with van der Waals surface area (Å²) in [5.74, 6) is 0.459. The van der Waals surface area contributed by atoms with Crippen LogP contribution in [0, 0.1) is 18.3 Å². The van der Waals surface area contributed by atoms with Crippen molar-refractivity contribution in [3.05, 3.63) is 77.6 Å². The Balaban J connectivity index is 1.40. The maximum Gasteiger partial charge on any atom is 0.269 e. The van der Waals surface area contributed by atoms with Crippen molar-refractivity contribution in [2.45, 2.75) is 18.4 Å². The van der Waals surface area contributed by atoms with E-state index in [1.165, 1.54) is 35.6 Å². The number of nitriles is 1. The molecule has 198 valence electrons. The molecule has 39 heavy (non-hydrogen) atoms. The van der Waals surface area contributed by atoms with Crippen LogP contribution in [0.2, 0.25) is 0 Å². The largest absolute Gasteiger partial charge is 0.492 e. The van der Waals surface area contributed by atoms with Gasteiger partial charge in [0.25, 0.3) is 10.0 Å². The standard InChI is InChI=1S/C27H22FN5O4S2/c1-17-10-20(37-9-8-33(28)39(34,35)21-6-4-3-5-7-21)13-24-25(17)32-27(38-24)22-11-18(14-29)12-23-26(22)30-15-19(31-23)16-36-2/h3-7,10-13,15H,8-9,16H2,1-2H3. The Hall–Kier alpha value is -4.02. The van der Waals surface area contributed by atoms with Crippen LogP contribution in [0.25, 0.3) is 31.8 Å². The van der Waals surface area contributed by atoms with E-state index in [1.54, 1.807) is 43.6 Å². The van der Waals surface area contributed by atoms with Gasteiger partial charge in [0.15, 0.2) is 0 Å². The lowest BCUT2D eigenvalue weighted by molar-refractivity contribution is 0.115. The zero-order valence-corrected chi connectivity index (χ0v) is 22.6. The van der Waals surface area contributed by atoms with Crippen LogP contribution in [0.15, 0.2) is 65.7 Å². The molecular formula is C27H22FN5O4S2. The number of hydrogen-bond donors (Lipinski definition) is 0. The number of rotatable bonds is 9. The number of aromatic nitrogens is 3. The topological polar surface area (TPSA) is 118 Å². The first-order valence-electron chi connectivity index (χ1n) is 11.8. The summed E-state index contributed by atoms with van der Waals surface area (Å²) in [6, 6.07) is 16.5. The van der Waals surface area contributed by atoms with Crippen molar-refractivity contribution in [2.75, 3.05) is 20.3 Å². The van der Waals surface area contributed by atoms with Crippen molar-refractivity contribution in [2.24, 2.45) is 0 Å². The SMILES string of the molecule is COCc1cnc2c(-c3nc4c(C)cc(OCCN(F)S(=O)(=O)c5ccccc5)cc4s3)cc(C#N)cc2n1. The molecule has 0 radical (unpaired) electrons. The highest BCUT2D eigenvalue weighted by atomic mass is 32.2. The molecule has 5 aromatic rings. The van der Waals surface area contributed by atoms with E-state index < -0.39 is 16.6 Å². The Morgan fingerprint density at radius 1 is 1.10 bits per heavy atom. The molecule has 2 heterocycles. The van der Waals surface area contributed by atoms with Crippen LogP contribution in [-0.2, 0) is 21.4 Å². The van der Waals surface area contributed by atoms with Gasteiger partial charge in [0.05, 0.1) is 62.8 Å². The number of thiazole rings is 1. The number of halogens is 1. The number of sulfonamides is 1. The molecule has 0 saturated heterocycles. The zero-order valence-electron chi connectivity index (χ0n) is 21.0. The maximum absolute atomic E-state index is 14.5. The van der Waals surface area contributed by atoms with E-state index in [1.807, 2.05) is 6.92 Å². The number of fused-ring (bicyclic) bond motifs is 2. The second kappa shape index (κ2) is 11.0.